The topological polar surface area (TPSA) is 91.8 Å². The second-order valence-electron chi connectivity index (χ2n) is 6.77. The predicted molar refractivity (Wildman–Crippen MR) is 89.3 cm³/mol. The number of nitrogens with zero attached hydrogens (tertiary/aromatic N) is 4. The van der Waals surface area contributed by atoms with Crippen molar-refractivity contribution in [2.75, 3.05) is 0 Å². The summed E-state index contributed by atoms with van der Waals surface area (Å²) in [4.78, 5) is 6.96. The van der Waals surface area contributed by atoms with Crippen LogP contribution in [0.2, 0.25) is 0 Å². The van der Waals surface area contributed by atoms with Crippen molar-refractivity contribution in [3.63, 3.8) is 0 Å². The third-order valence-corrected chi connectivity index (χ3v) is 7.00. The zero-order valence-corrected chi connectivity index (χ0v) is 15.2. The highest BCUT2D eigenvalue weighted by Crippen LogP contribution is 2.53. The number of aromatic amines is 1. The van der Waals surface area contributed by atoms with Gasteiger partial charge in [-0.15, -0.1) is 0 Å². The Labute approximate surface area is 161 Å². The molecule has 3 aromatic rings. The summed E-state index contributed by atoms with van der Waals surface area (Å²) in [5, 5.41) is 6.77. The van der Waals surface area contributed by atoms with E-state index in [4.69, 9.17) is 0 Å². The number of sulfonamides is 1. The van der Waals surface area contributed by atoms with E-state index in [1.54, 1.807) is 0 Å². The summed E-state index contributed by atoms with van der Waals surface area (Å²) in [6.07, 6.45) is -1.32. The predicted octanol–water partition coefficient (Wildman–Crippen LogP) is 2.75. The molecule has 12 heteroatoms. The van der Waals surface area contributed by atoms with Crippen LogP contribution in [0.25, 0.3) is 0 Å². The highest BCUT2D eigenvalue weighted by atomic mass is 32.2. The molecule has 0 fully saturated rings. The first-order chi connectivity index (χ1) is 13.7. The summed E-state index contributed by atoms with van der Waals surface area (Å²) < 4.78 is 80.0. The molecule has 0 aliphatic carbocycles. The Hall–Kier alpha value is -2.86. The van der Waals surface area contributed by atoms with Gasteiger partial charge >= 0.3 is 6.18 Å². The summed E-state index contributed by atoms with van der Waals surface area (Å²) >= 11 is 0. The summed E-state index contributed by atoms with van der Waals surface area (Å²) in [7, 11) is -4.26. The van der Waals surface area contributed by atoms with Crippen LogP contribution in [0.3, 0.4) is 0 Å². The van der Waals surface area contributed by atoms with E-state index in [0.717, 1.165) is 16.6 Å². The molecule has 2 atom stereocenters. The van der Waals surface area contributed by atoms with Gasteiger partial charge in [-0.1, -0.05) is 0 Å². The molecule has 2 aliphatic heterocycles. The lowest BCUT2D eigenvalue weighted by molar-refractivity contribution is -0.141. The van der Waals surface area contributed by atoms with Crippen LogP contribution in [-0.2, 0) is 22.6 Å². The molecule has 0 unspecified atom stereocenters. The number of rotatable bonds is 2. The van der Waals surface area contributed by atoms with Gasteiger partial charge in [-0.25, -0.2) is 12.8 Å². The minimum absolute atomic E-state index is 0.206. The van der Waals surface area contributed by atoms with E-state index >= 15 is 0 Å². The van der Waals surface area contributed by atoms with E-state index in [9.17, 15) is 26.0 Å². The molecule has 0 radical (unpaired) electrons. The fourth-order valence-electron chi connectivity index (χ4n) is 3.93. The maximum Gasteiger partial charge on any atom is 0.433 e. The quantitative estimate of drug-likeness (QED) is 0.638. The summed E-state index contributed by atoms with van der Waals surface area (Å²) in [5.41, 5.74) is 0.878. The molecule has 0 aromatic carbocycles. The van der Waals surface area contributed by atoms with Crippen molar-refractivity contribution >= 4 is 10.0 Å². The van der Waals surface area contributed by atoms with Crippen LogP contribution in [0, 0.1) is 5.82 Å². The Morgan fingerprint density at radius 2 is 1.90 bits per heavy atom. The Balaban J connectivity index is 1.64. The van der Waals surface area contributed by atoms with Gasteiger partial charge in [0.2, 0.25) is 10.0 Å². The molecule has 5 heterocycles. The first kappa shape index (κ1) is 18.2. The van der Waals surface area contributed by atoms with Crippen LogP contribution >= 0.6 is 0 Å². The van der Waals surface area contributed by atoms with Crippen LogP contribution < -0.4 is 0 Å². The van der Waals surface area contributed by atoms with Gasteiger partial charge in [0.15, 0.2) is 0 Å². The summed E-state index contributed by atoms with van der Waals surface area (Å²) in [6, 6.07) is 1.10. The number of halogens is 4. The number of hydrogen-bond acceptors (Lipinski definition) is 5. The van der Waals surface area contributed by atoms with Crippen LogP contribution in [0.5, 0.6) is 0 Å². The number of nitrogens with one attached hydrogen (secondary N) is 1. The number of hydrogen-bond donors (Lipinski definition) is 1. The Bertz CT molecular complexity index is 1220. The summed E-state index contributed by atoms with van der Waals surface area (Å²) in [6.45, 7) is 0. The van der Waals surface area contributed by atoms with Crippen molar-refractivity contribution in [2.24, 2.45) is 0 Å². The largest absolute Gasteiger partial charge is 0.433 e. The molecule has 0 saturated heterocycles. The minimum atomic E-state index is -4.68. The van der Waals surface area contributed by atoms with Crippen LogP contribution in [0.4, 0.5) is 17.6 Å². The van der Waals surface area contributed by atoms with Crippen molar-refractivity contribution in [2.45, 2.75) is 29.6 Å². The van der Waals surface area contributed by atoms with E-state index in [0.29, 0.717) is 34.8 Å². The first-order valence-corrected chi connectivity index (χ1v) is 9.86. The van der Waals surface area contributed by atoms with Crippen LogP contribution in [0.1, 0.15) is 40.3 Å². The van der Waals surface area contributed by atoms with Gasteiger partial charge in [0.1, 0.15) is 16.4 Å². The van der Waals surface area contributed by atoms with Gasteiger partial charge in [0.25, 0.3) is 0 Å². The highest BCUT2D eigenvalue weighted by molar-refractivity contribution is 7.89. The molecule has 3 aromatic heterocycles. The molecule has 150 valence electrons. The first-order valence-electron chi connectivity index (χ1n) is 8.42. The fourth-order valence-corrected chi connectivity index (χ4v) is 5.61. The molecule has 0 spiro atoms. The van der Waals surface area contributed by atoms with E-state index in [-0.39, 0.29) is 11.3 Å². The van der Waals surface area contributed by atoms with Crippen molar-refractivity contribution in [3.8, 4) is 0 Å². The second kappa shape index (κ2) is 5.83. The van der Waals surface area contributed by atoms with E-state index in [2.05, 4.69) is 20.2 Å². The maximum absolute atomic E-state index is 13.8. The number of alkyl halides is 3. The van der Waals surface area contributed by atoms with Crippen molar-refractivity contribution < 1.29 is 26.0 Å². The standard InChI is InChI=1S/C17H11F4N5O2S/c18-8-3-10-13-4-12-11(7-24-25-12)16(15(10)23-5-8)26(13)29(27,28)9-1-2-14(22-6-9)17(19,20)21/h1-3,5-7,13,16H,4H2,(H,24,25)/t13-,16+/m1/s1. The monoisotopic (exact) mass is 425 g/mol. The molecule has 2 bridgehead atoms. The molecule has 29 heavy (non-hydrogen) atoms. The smallest absolute Gasteiger partial charge is 0.282 e. The maximum atomic E-state index is 13.8. The average molecular weight is 425 g/mol. The van der Waals surface area contributed by atoms with Crippen LogP contribution in [0.15, 0.2) is 41.7 Å². The molecule has 7 nitrogen and oxygen atoms in total. The zero-order valence-electron chi connectivity index (χ0n) is 14.4. The third kappa shape index (κ3) is 2.59. The zero-order chi connectivity index (χ0) is 20.6. The van der Waals surface area contributed by atoms with Gasteiger partial charge in [0.05, 0.1) is 30.2 Å². The molecule has 1 N–H and O–H groups in total. The SMILES string of the molecule is O=S(=O)(c1ccc(C(F)(F)F)nc1)N1[C@H]2c3cn[nH]c3C[C@@H]1c1cc(F)cnc12. The average Bonchev–Trinajstić information content (AvgIpc) is 3.23. The van der Waals surface area contributed by atoms with Gasteiger partial charge in [0, 0.05) is 23.9 Å². The molecule has 5 rings (SSSR count). The number of fused-ring (bicyclic) bond motifs is 7. The lowest BCUT2D eigenvalue weighted by Crippen LogP contribution is -2.37. The van der Waals surface area contributed by atoms with Gasteiger partial charge in [-0.3, -0.25) is 15.1 Å². The molecular formula is C17H11F4N5O2S. The highest BCUT2D eigenvalue weighted by Gasteiger charge is 2.52. The van der Waals surface area contributed by atoms with Crippen molar-refractivity contribution in [1.29, 1.82) is 0 Å². The normalized spacial score (nSPS) is 21.1. The lowest BCUT2D eigenvalue weighted by Gasteiger charge is -2.33. The van der Waals surface area contributed by atoms with Crippen molar-refractivity contribution in [1.82, 2.24) is 24.5 Å². The van der Waals surface area contributed by atoms with Gasteiger partial charge < -0.3 is 0 Å². The molecular weight excluding hydrogens is 414 g/mol. The minimum Gasteiger partial charge on any atom is -0.282 e. The number of H-pyrrole nitrogens is 1. The fraction of sp³-hybridized carbons (Fsp3) is 0.235. The third-order valence-electron chi connectivity index (χ3n) is 5.14. The summed E-state index contributed by atoms with van der Waals surface area (Å²) in [5.74, 6) is -0.605. The Morgan fingerprint density at radius 1 is 1.10 bits per heavy atom. The lowest BCUT2D eigenvalue weighted by atomic mass is 10.0. The second-order valence-corrected chi connectivity index (χ2v) is 8.61. The van der Waals surface area contributed by atoms with Crippen LogP contribution in [-0.4, -0.2) is 32.9 Å². The molecule has 0 amide bonds. The van der Waals surface area contributed by atoms with E-state index < -0.39 is 39.8 Å². The molecule has 2 aliphatic rings. The van der Waals surface area contributed by atoms with Crippen molar-refractivity contribution in [3.05, 3.63) is 70.8 Å². The number of aromatic nitrogens is 4. The molecule has 0 saturated carbocycles. The van der Waals surface area contributed by atoms with E-state index in [1.165, 1.54) is 12.3 Å². The Morgan fingerprint density at radius 3 is 2.59 bits per heavy atom. The van der Waals surface area contributed by atoms with Gasteiger partial charge in [-0.2, -0.15) is 22.6 Å². The Kier molecular flexibility index (Phi) is 3.65. The van der Waals surface area contributed by atoms with Gasteiger partial charge in [-0.05, 0) is 23.8 Å². The number of pyridine rings is 2. The van der Waals surface area contributed by atoms with E-state index in [1.807, 2.05) is 0 Å².